The van der Waals surface area contributed by atoms with Gasteiger partial charge >= 0.3 is 42.4 Å². The Kier molecular flexibility index (Phi) is 24.5. The Labute approximate surface area is 468 Å². The van der Waals surface area contributed by atoms with Gasteiger partial charge in [-0.05, 0) is 123 Å². The number of carbonyl (C=O) groups is 8. The van der Waals surface area contributed by atoms with E-state index in [2.05, 4.69) is 26.6 Å². The molecule has 2 heterocycles. The number of ether oxygens (including phenoxy) is 11. The zero-order valence-electron chi connectivity index (χ0n) is 49.6. The van der Waals surface area contributed by atoms with Crippen LogP contribution < -0.4 is 26.6 Å². The summed E-state index contributed by atoms with van der Waals surface area (Å²) in [6, 6.07) is -5.58. The normalized spacial score (nSPS) is 27.8. The van der Waals surface area contributed by atoms with E-state index in [4.69, 9.17) is 52.1 Å². The van der Waals surface area contributed by atoms with E-state index in [0.29, 0.717) is 0 Å². The average Bonchev–Trinajstić information content (AvgIpc) is 3.25. The van der Waals surface area contributed by atoms with Crippen LogP contribution >= 0.6 is 0 Å². The summed E-state index contributed by atoms with van der Waals surface area (Å²) in [7, 11) is 1.49. The van der Waals surface area contributed by atoms with Crippen molar-refractivity contribution in [3.05, 3.63) is 0 Å². The second kappa shape index (κ2) is 28.5. The van der Waals surface area contributed by atoms with Crippen molar-refractivity contribution in [3.63, 3.8) is 0 Å². The second-order valence-electron chi connectivity index (χ2n) is 24.9. The predicted molar refractivity (Wildman–Crippen MR) is 280 cm³/mol. The van der Waals surface area contributed by atoms with Gasteiger partial charge in [-0.2, -0.15) is 0 Å². The molecule has 3 fully saturated rings. The molecule has 14 atom stereocenters. The largest absolute Gasteiger partial charge is 0.455 e. The summed E-state index contributed by atoms with van der Waals surface area (Å²) in [6.07, 6.45) is -21.5. The molecule has 0 aromatic rings. The molecule has 6 amide bonds. The van der Waals surface area contributed by atoms with Crippen molar-refractivity contribution < 1.29 is 106 Å². The van der Waals surface area contributed by atoms with Gasteiger partial charge in [-0.25, -0.2) is 24.0 Å². The molecule has 0 aromatic carbocycles. The van der Waals surface area contributed by atoms with E-state index in [0.717, 1.165) is 13.8 Å². The van der Waals surface area contributed by atoms with Crippen LogP contribution in [0.3, 0.4) is 0 Å². The van der Waals surface area contributed by atoms with E-state index >= 15 is 0 Å². The van der Waals surface area contributed by atoms with Crippen molar-refractivity contribution in [2.24, 2.45) is 0 Å². The predicted octanol–water partition coefficient (Wildman–Crippen LogP) is 2.91. The van der Waals surface area contributed by atoms with Crippen molar-refractivity contribution in [3.8, 4) is 0 Å². The summed E-state index contributed by atoms with van der Waals surface area (Å²) < 4.78 is 64.3. The second-order valence-corrected chi connectivity index (χ2v) is 24.9. The van der Waals surface area contributed by atoms with Crippen molar-refractivity contribution in [1.82, 2.24) is 31.5 Å². The molecular weight excluding hydrogens is 1060 g/mol. The first-order chi connectivity index (χ1) is 36.5. The number of aliphatic hydroxyl groups excluding tert-OH is 3. The third kappa shape index (κ3) is 23.9. The van der Waals surface area contributed by atoms with Gasteiger partial charge in [0, 0.05) is 40.4 Å². The Morgan fingerprint density at radius 3 is 1.54 bits per heavy atom. The molecule has 0 aromatic heterocycles. The summed E-state index contributed by atoms with van der Waals surface area (Å²) in [6.45, 7) is 25.3. The van der Waals surface area contributed by atoms with Crippen molar-refractivity contribution in [2.75, 3.05) is 26.7 Å². The Morgan fingerprint density at radius 1 is 0.575 bits per heavy atom. The first-order valence-electron chi connectivity index (χ1n) is 26.7. The lowest BCUT2D eigenvalue weighted by atomic mass is 9.83. The molecule has 28 nitrogen and oxygen atoms in total. The van der Waals surface area contributed by atoms with Gasteiger partial charge in [0.05, 0.1) is 30.8 Å². The number of amides is 6. The number of nitrogens with zero attached hydrogens (tertiary/aromatic N) is 1. The maximum Gasteiger partial charge on any atom is 0.410 e. The first-order valence-corrected chi connectivity index (χ1v) is 26.7. The fraction of sp³-hybridized carbons (Fsp3) is 0.846. The van der Waals surface area contributed by atoms with E-state index in [1.54, 1.807) is 104 Å². The zero-order valence-corrected chi connectivity index (χ0v) is 49.6. The van der Waals surface area contributed by atoms with Crippen LogP contribution in [0.4, 0.5) is 24.0 Å². The fourth-order valence-corrected chi connectivity index (χ4v) is 8.50. The van der Waals surface area contributed by atoms with Gasteiger partial charge in [0.1, 0.15) is 64.6 Å². The molecule has 1 aliphatic carbocycles. The first kappa shape index (κ1) is 68.8. The number of alkyl carbamates (subject to hydrolysis) is 4. The van der Waals surface area contributed by atoms with Gasteiger partial charge in [0.25, 0.3) is 5.91 Å². The molecule has 0 bridgehead atoms. The molecule has 80 heavy (non-hydrogen) atoms. The smallest absolute Gasteiger partial charge is 0.410 e. The van der Waals surface area contributed by atoms with Crippen LogP contribution in [0, 0.1) is 0 Å². The Bertz CT molecular complexity index is 2120. The van der Waals surface area contributed by atoms with Gasteiger partial charge in [0.15, 0.2) is 24.8 Å². The standard InChI is InChI=1S/C52H90N6O22/c1-26(60)70-32(21-22-53-43(65)76-48(3,4)5)40(64)54-30-23-31(56-45(67)78-50(9,10)11)38(74-41-29(55-44(66)77-49(6,7)8)20-19-28(72-41)24-58(18)47(69)80-52(15,16)17)36(63)37(30)75-42-39(71-27(2)61)34(35(62)33(25-59)73-42)57-46(68)79-51(12,13)14/h28-39,41-42,59,62-63H,19-25H2,1-18H3,(H,53,65)(H,54,64)(H,55,66)(H,56,67)(H,57,68)/t28?,29?,30-,31+,32+,33?,34+,35+,36?,37-,38?,39?,41+,42+/m1/s1. The van der Waals surface area contributed by atoms with E-state index in [1.807, 2.05) is 0 Å². The summed E-state index contributed by atoms with van der Waals surface area (Å²) in [5, 5.41) is 48.1. The molecule has 2 aliphatic heterocycles. The molecule has 0 radical (unpaired) electrons. The van der Waals surface area contributed by atoms with Crippen LogP contribution in [0.5, 0.6) is 0 Å². The number of hydrogen-bond donors (Lipinski definition) is 8. The van der Waals surface area contributed by atoms with Crippen LogP contribution in [0.25, 0.3) is 0 Å². The van der Waals surface area contributed by atoms with Gasteiger partial charge in [-0.3, -0.25) is 14.4 Å². The topological polar surface area (TPSA) is 362 Å². The SMILES string of the molecule is CC(=O)OC1[C@H](O[C@H]2C(O)C(O[C@@H]3OC(CN(C)C(=O)OC(C)(C)C)CCC3NC(=O)OC(C)(C)C)[C@@H](NC(=O)OC(C)(C)C)C[C@H]2NC(=O)[C@H](CCNC(=O)OC(C)(C)C)OC(C)=O)OC(CO)[C@H](O)[C@@H]1NC(=O)OC(C)(C)C. The van der Waals surface area contributed by atoms with E-state index in [1.165, 1.54) is 11.9 Å². The Hall–Kier alpha value is -5.52. The summed E-state index contributed by atoms with van der Waals surface area (Å²) in [5.74, 6) is -2.87. The molecule has 2 saturated heterocycles. The number of rotatable bonds is 17. The molecule has 0 spiro atoms. The number of likely N-dealkylation sites (N-methyl/N-ethyl adjacent to an activating group) is 1. The number of carbonyl (C=O) groups excluding carboxylic acids is 8. The highest BCUT2D eigenvalue weighted by molar-refractivity contribution is 5.84. The fourth-order valence-electron chi connectivity index (χ4n) is 8.50. The highest BCUT2D eigenvalue weighted by Crippen LogP contribution is 2.35. The van der Waals surface area contributed by atoms with Gasteiger partial charge in [0.2, 0.25) is 0 Å². The lowest BCUT2D eigenvalue weighted by molar-refractivity contribution is -0.318. The minimum absolute atomic E-state index is 0.0513. The third-order valence-electron chi connectivity index (χ3n) is 11.4. The van der Waals surface area contributed by atoms with Crippen LogP contribution in [-0.4, -0.2) is 209 Å². The highest BCUT2D eigenvalue weighted by atomic mass is 16.7. The van der Waals surface area contributed by atoms with Crippen molar-refractivity contribution >= 4 is 48.3 Å². The van der Waals surface area contributed by atoms with E-state index in [9.17, 15) is 53.7 Å². The minimum Gasteiger partial charge on any atom is -0.455 e. The average molecular weight is 1150 g/mol. The van der Waals surface area contributed by atoms with Crippen LogP contribution in [0.15, 0.2) is 0 Å². The monoisotopic (exact) mass is 1150 g/mol. The quantitative estimate of drug-likeness (QED) is 0.0766. The Balaban J connectivity index is 2.28. The number of esters is 2. The summed E-state index contributed by atoms with van der Waals surface area (Å²) in [4.78, 5) is 107. The summed E-state index contributed by atoms with van der Waals surface area (Å²) >= 11 is 0. The van der Waals surface area contributed by atoms with Crippen molar-refractivity contribution in [1.29, 1.82) is 0 Å². The van der Waals surface area contributed by atoms with E-state index < -0.39 is 175 Å². The molecule has 6 unspecified atom stereocenters. The molecular formula is C52H90N6O22. The zero-order chi connectivity index (χ0) is 61.0. The molecule has 3 aliphatic rings. The third-order valence-corrected chi connectivity index (χ3v) is 11.4. The lowest BCUT2D eigenvalue weighted by Crippen LogP contribution is -2.71. The maximum absolute atomic E-state index is 14.5. The molecule has 28 heteroatoms. The molecule has 8 N–H and O–H groups in total. The van der Waals surface area contributed by atoms with Gasteiger partial charge < -0.3 is 98.9 Å². The van der Waals surface area contributed by atoms with Crippen LogP contribution in [0.1, 0.15) is 143 Å². The number of nitrogens with one attached hydrogen (secondary N) is 5. The van der Waals surface area contributed by atoms with Gasteiger partial charge in [-0.15, -0.1) is 0 Å². The van der Waals surface area contributed by atoms with Crippen LogP contribution in [0.2, 0.25) is 0 Å². The maximum atomic E-state index is 14.5. The number of hydrogen-bond acceptors (Lipinski definition) is 22. The van der Waals surface area contributed by atoms with Crippen molar-refractivity contribution in [2.45, 2.75) is 257 Å². The van der Waals surface area contributed by atoms with Gasteiger partial charge in [-0.1, -0.05) is 0 Å². The molecule has 1 saturated carbocycles. The molecule has 460 valence electrons. The van der Waals surface area contributed by atoms with Crippen LogP contribution in [-0.2, 0) is 66.5 Å². The minimum atomic E-state index is -2.07. The summed E-state index contributed by atoms with van der Waals surface area (Å²) in [5.41, 5.74) is -4.82. The highest BCUT2D eigenvalue weighted by Gasteiger charge is 2.55. The molecule has 3 rings (SSSR count). The Morgan fingerprint density at radius 2 is 1.05 bits per heavy atom. The van der Waals surface area contributed by atoms with E-state index in [-0.39, 0.29) is 32.4 Å². The lowest BCUT2D eigenvalue weighted by Gasteiger charge is -2.50. The number of aliphatic hydroxyl groups is 3.